The number of aliphatic hydroxyl groups excluding tert-OH is 2. The van der Waals surface area contributed by atoms with E-state index in [0.29, 0.717) is 49.0 Å². The van der Waals surface area contributed by atoms with Gasteiger partial charge in [-0.15, -0.1) is 10.2 Å². The second kappa shape index (κ2) is 11.0. The summed E-state index contributed by atoms with van der Waals surface area (Å²) in [5, 5.41) is 40.5. The van der Waals surface area contributed by atoms with Crippen LogP contribution in [-0.4, -0.2) is 78.2 Å². The molecule has 1 fully saturated rings. The molecule has 6 rings (SSSR count). The molecule has 4 N–H and O–H groups in total. The van der Waals surface area contributed by atoms with Crippen molar-refractivity contribution in [1.29, 1.82) is 0 Å². The Morgan fingerprint density at radius 1 is 1.02 bits per heavy atom. The van der Waals surface area contributed by atoms with Crippen molar-refractivity contribution in [3.8, 4) is 0 Å². The SMILES string of the molecule is CCn1nnc([C@H]2O[C@@H](n3cnc4c(NCc5ccccc5)nc(NCCc5cn(C)cn5)nc43)[C@H](O)[C@@H]2O)n1. The molecule has 5 aromatic rings. The summed E-state index contributed by atoms with van der Waals surface area (Å²) in [5.74, 6) is 1.08. The van der Waals surface area contributed by atoms with Gasteiger partial charge in [0.25, 0.3) is 0 Å². The van der Waals surface area contributed by atoms with Crippen LogP contribution in [0.1, 0.15) is 36.3 Å². The Morgan fingerprint density at radius 2 is 1.88 bits per heavy atom. The topological polar surface area (TPSA) is 179 Å². The average molecular weight is 547 g/mol. The molecule has 4 atom stereocenters. The lowest BCUT2D eigenvalue weighted by atomic mass is 10.1. The fraction of sp³-hybridized carbons (Fsp3) is 0.400. The van der Waals surface area contributed by atoms with E-state index < -0.39 is 24.5 Å². The van der Waals surface area contributed by atoms with Crippen LogP contribution in [0.3, 0.4) is 0 Å². The number of aliphatic hydroxyl groups is 2. The van der Waals surface area contributed by atoms with E-state index >= 15 is 0 Å². The lowest BCUT2D eigenvalue weighted by Gasteiger charge is -2.17. The van der Waals surface area contributed by atoms with Crippen LogP contribution in [0.2, 0.25) is 0 Å². The van der Waals surface area contributed by atoms with Gasteiger partial charge in [-0.2, -0.15) is 14.8 Å². The van der Waals surface area contributed by atoms with Crippen LogP contribution >= 0.6 is 0 Å². The molecular formula is C25H30N12O3. The molecule has 0 spiro atoms. The second-order valence-corrected chi connectivity index (χ2v) is 9.53. The molecule has 0 amide bonds. The van der Waals surface area contributed by atoms with Crippen molar-refractivity contribution in [3.05, 3.63) is 66.3 Å². The highest BCUT2D eigenvalue weighted by atomic mass is 16.6. The highest BCUT2D eigenvalue weighted by molar-refractivity contribution is 5.84. The molecule has 15 nitrogen and oxygen atoms in total. The first-order valence-electron chi connectivity index (χ1n) is 13.0. The van der Waals surface area contributed by atoms with Gasteiger partial charge in [-0.25, -0.2) is 9.97 Å². The maximum absolute atomic E-state index is 11.0. The molecule has 5 heterocycles. The second-order valence-electron chi connectivity index (χ2n) is 9.53. The zero-order valence-corrected chi connectivity index (χ0v) is 22.0. The molecule has 0 aliphatic carbocycles. The van der Waals surface area contributed by atoms with Crippen LogP contribution in [0.5, 0.6) is 0 Å². The standard InChI is InChI=1S/C25H30N12O3/c1-3-37-33-22(32-34-37)20-18(38)19(39)24(40-20)36-14-29-17-21(27-11-15-7-5-4-6-8-15)30-25(31-23(17)36)26-10-9-16-12-35(2)13-28-16/h4-8,12-14,18-20,24,38-39H,3,9-11H2,1-2H3,(H2,26,27,30,31)/t18-,19+,20-,24+/m0/s1. The van der Waals surface area contributed by atoms with Crippen molar-refractivity contribution >= 4 is 22.9 Å². The zero-order valence-electron chi connectivity index (χ0n) is 22.0. The molecule has 0 unspecified atom stereocenters. The highest BCUT2D eigenvalue weighted by Gasteiger charge is 2.47. The third kappa shape index (κ3) is 5.09. The first-order valence-corrected chi connectivity index (χ1v) is 13.0. The van der Waals surface area contributed by atoms with E-state index in [1.54, 1.807) is 10.9 Å². The van der Waals surface area contributed by atoms with Gasteiger partial charge in [-0.1, -0.05) is 30.3 Å². The van der Waals surface area contributed by atoms with Gasteiger partial charge in [0, 0.05) is 32.8 Å². The van der Waals surface area contributed by atoms with E-state index in [-0.39, 0.29) is 5.82 Å². The van der Waals surface area contributed by atoms with Gasteiger partial charge in [0.1, 0.15) is 12.2 Å². The van der Waals surface area contributed by atoms with Crippen LogP contribution in [0.4, 0.5) is 11.8 Å². The van der Waals surface area contributed by atoms with Crippen LogP contribution in [-0.2, 0) is 31.3 Å². The Bertz CT molecular complexity index is 1580. The molecule has 1 aliphatic rings. The number of fused-ring (bicyclic) bond motifs is 1. The number of ether oxygens (including phenoxy) is 1. The molecule has 15 heteroatoms. The number of hydrogen-bond donors (Lipinski definition) is 4. The smallest absolute Gasteiger partial charge is 0.226 e. The third-order valence-electron chi connectivity index (χ3n) is 6.66. The molecule has 4 aromatic heterocycles. The Morgan fingerprint density at radius 3 is 2.62 bits per heavy atom. The monoisotopic (exact) mass is 546 g/mol. The van der Waals surface area contributed by atoms with E-state index in [0.717, 1.165) is 11.3 Å². The fourth-order valence-electron chi connectivity index (χ4n) is 4.59. The van der Waals surface area contributed by atoms with Gasteiger partial charge >= 0.3 is 0 Å². The maximum atomic E-state index is 11.0. The first-order chi connectivity index (χ1) is 19.5. The van der Waals surface area contributed by atoms with Crippen molar-refractivity contribution in [2.75, 3.05) is 17.2 Å². The number of hydrogen-bond acceptors (Lipinski definition) is 12. The number of rotatable bonds is 10. The number of aryl methyl sites for hydroxylation is 2. The summed E-state index contributed by atoms with van der Waals surface area (Å²) < 4.78 is 9.55. The van der Waals surface area contributed by atoms with Crippen LogP contribution in [0.25, 0.3) is 11.2 Å². The number of anilines is 2. The summed E-state index contributed by atoms with van der Waals surface area (Å²) in [6.45, 7) is 3.46. The predicted molar refractivity (Wildman–Crippen MR) is 143 cm³/mol. The van der Waals surface area contributed by atoms with Crippen molar-refractivity contribution in [2.24, 2.45) is 7.05 Å². The van der Waals surface area contributed by atoms with E-state index in [2.05, 4.69) is 41.0 Å². The lowest BCUT2D eigenvalue weighted by Crippen LogP contribution is -2.29. The molecule has 40 heavy (non-hydrogen) atoms. The van der Waals surface area contributed by atoms with Gasteiger partial charge < -0.3 is 30.2 Å². The molecule has 0 bridgehead atoms. The minimum atomic E-state index is -1.28. The summed E-state index contributed by atoms with van der Waals surface area (Å²) in [6, 6.07) is 9.94. The Kier molecular flexibility index (Phi) is 7.06. The van der Waals surface area contributed by atoms with Crippen molar-refractivity contribution in [3.63, 3.8) is 0 Å². The quantitative estimate of drug-likeness (QED) is 0.194. The van der Waals surface area contributed by atoms with Crippen molar-refractivity contribution < 1.29 is 14.9 Å². The first kappa shape index (κ1) is 25.8. The van der Waals surface area contributed by atoms with Gasteiger partial charge in [-0.3, -0.25) is 4.57 Å². The molecule has 0 saturated carbocycles. The molecule has 1 aliphatic heterocycles. The van der Waals surface area contributed by atoms with E-state index in [1.807, 2.05) is 55.1 Å². The van der Waals surface area contributed by atoms with E-state index in [9.17, 15) is 10.2 Å². The van der Waals surface area contributed by atoms with Gasteiger partial charge in [0.2, 0.25) is 11.8 Å². The largest absolute Gasteiger partial charge is 0.387 e. The fourth-order valence-corrected chi connectivity index (χ4v) is 4.59. The maximum Gasteiger partial charge on any atom is 0.226 e. The summed E-state index contributed by atoms with van der Waals surface area (Å²) in [4.78, 5) is 19.7. The third-order valence-corrected chi connectivity index (χ3v) is 6.66. The number of imidazole rings is 2. The normalized spacial score (nSPS) is 20.8. The Balaban J connectivity index is 1.30. The number of benzene rings is 1. The number of nitrogens with zero attached hydrogens (tertiary/aromatic N) is 10. The average Bonchev–Trinajstić information content (AvgIpc) is 3.76. The van der Waals surface area contributed by atoms with Crippen molar-refractivity contribution in [1.82, 2.24) is 49.3 Å². The Hall–Kier alpha value is -4.47. The summed E-state index contributed by atoms with van der Waals surface area (Å²) >= 11 is 0. The van der Waals surface area contributed by atoms with Crippen LogP contribution < -0.4 is 10.6 Å². The van der Waals surface area contributed by atoms with Crippen molar-refractivity contribution in [2.45, 2.75) is 51.0 Å². The number of nitrogens with one attached hydrogen (secondary N) is 2. The molecule has 0 radical (unpaired) electrons. The molecular weight excluding hydrogens is 516 g/mol. The summed E-state index contributed by atoms with van der Waals surface area (Å²) in [5.41, 5.74) is 2.94. The molecule has 1 aromatic carbocycles. The number of aromatic nitrogens is 10. The Labute approximate surface area is 228 Å². The lowest BCUT2D eigenvalue weighted by molar-refractivity contribution is -0.0384. The summed E-state index contributed by atoms with van der Waals surface area (Å²) in [6.07, 6.45) is 1.40. The minimum Gasteiger partial charge on any atom is -0.387 e. The molecule has 208 valence electrons. The zero-order chi connectivity index (χ0) is 27.6. The minimum absolute atomic E-state index is 0.192. The number of tetrazole rings is 1. The predicted octanol–water partition coefficient (Wildman–Crippen LogP) is 0.825. The van der Waals surface area contributed by atoms with Crippen LogP contribution in [0, 0.1) is 0 Å². The highest BCUT2D eigenvalue weighted by Crippen LogP contribution is 2.39. The van der Waals surface area contributed by atoms with Gasteiger partial charge in [0.15, 0.2) is 29.3 Å². The van der Waals surface area contributed by atoms with Gasteiger partial charge in [-0.05, 0) is 17.7 Å². The molecule has 1 saturated heterocycles. The van der Waals surface area contributed by atoms with E-state index in [4.69, 9.17) is 9.72 Å². The van der Waals surface area contributed by atoms with Gasteiger partial charge in [0.05, 0.1) is 24.9 Å². The van der Waals surface area contributed by atoms with Crippen LogP contribution in [0.15, 0.2) is 49.2 Å². The summed E-state index contributed by atoms with van der Waals surface area (Å²) in [7, 11) is 1.93. The van der Waals surface area contributed by atoms with E-state index in [1.165, 1.54) is 11.1 Å².